The second kappa shape index (κ2) is 9.20. The number of carbonyl (C=O) groups is 1. The van der Waals surface area contributed by atoms with Crippen LogP contribution in [0.2, 0.25) is 0 Å². The van der Waals surface area contributed by atoms with E-state index in [2.05, 4.69) is 22.2 Å². The second-order valence-corrected chi connectivity index (χ2v) is 9.89. The van der Waals surface area contributed by atoms with E-state index in [-0.39, 0.29) is 5.56 Å². The fraction of sp³-hybridized carbons (Fsp3) is 0.259. The first-order valence-corrected chi connectivity index (χ1v) is 12.4. The van der Waals surface area contributed by atoms with Crippen LogP contribution in [0.4, 0.5) is 11.6 Å². The van der Waals surface area contributed by atoms with Gasteiger partial charge in [0, 0.05) is 12.4 Å². The molecule has 0 amide bonds. The van der Waals surface area contributed by atoms with Crippen molar-refractivity contribution in [2.45, 2.75) is 45.1 Å². The first-order chi connectivity index (χ1) is 16.9. The van der Waals surface area contributed by atoms with Gasteiger partial charge in [-0.25, -0.2) is 19.7 Å². The zero-order valence-corrected chi connectivity index (χ0v) is 20.4. The molecule has 0 spiro atoms. The summed E-state index contributed by atoms with van der Waals surface area (Å²) in [6.07, 6.45) is 6.49. The van der Waals surface area contributed by atoms with Crippen molar-refractivity contribution in [3.05, 3.63) is 87.7 Å². The number of benzene rings is 1. The Morgan fingerprint density at radius 2 is 2.00 bits per heavy atom. The Kier molecular flexibility index (Phi) is 6.08. The van der Waals surface area contributed by atoms with Crippen LogP contribution in [0, 0.1) is 6.92 Å². The zero-order valence-electron chi connectivity index (χ0n) is 19.6. The zero-order chi connectivity index (χ0) is 24.6. The number of carboxylic acids is 1. The Labute approximate surface area is 207 Å². The average Bonchev–Trinajstić information content (AvgIpc) is 3.35. The van der Waals surface area contributed by atoms with E-state index in [1.165, 1.54) is 16.9 Å². The Morgan fingerprint density at radius 3 is 2.80 bits per heavy atom. The maximum absolute atomic E-state index is 11.7. The fourth-order valence-corrected chi connectivity index (χ4v) is 5.57. The quantitative estimate of drug-likeness (QED) is 0.331. The van der Waals surface area contributed by atoms with Crippen molar-refractivity contribution in [2.75, 3.05) is 5.32 Å². The van der Waals surface area contributed by atoms with Crippen LogP contribution in [0.3, 0.4) is 0 Å². The number of anilines is 2. The number of nitrogens with one attached hydrogen (secondary N) is 1. The number of aromatic nitrogens is 3. The summed E-state index contributed by atoms with van der Waals surface area (Å²) in [5.41, 5.74) is 3.58. The van der Waals surface area contributed by atoms with E-state index in [0.717, 1.165) is 52.3 Å². The SMILES string of the molecule is CCc1ccnc(Nc2cc(C)cc(-c3cnc([C@@]4(O)CCCc5cc(C(=O)O)ccc54)s3)n2)c1. The van der Waals surface area contributed by atoms with Crippen molar-refractivity contribution in [3.63, 3.8) is 0 Å². The molecule has 1 aromatic carbocycles. The summed E-state index contributed by atoms with van der Waals surface area (Å²) < 4.78 is 0. The highest BCUT2D eigenvalue weighted by molar-refractivity contribution is 7.15. The normalized spacial score (nSPS) is 17.1. The third-order valence-corrected chi connectivity index (χ3v) is 7.52. The van der Waals surface area contributed by atoms with Gasteiger partial charge in [0.15, 0.2) is 0 Å². The van der Waals surface area contributed by atoms with Crippen molar-refractivity contribution in [3.8, 4) is 10.6 Å². The lowest BCUT2D eigenvalue weighted by atomic mass is 9.79. The molecule has 3 aromatic heterocycles. The molecule has 7 nitrogen and oxygen atoms in total. The lowest BCUT2D eigenvalue weighted by Crippen LogP contribution is -2.32. The number of hydrogen-bond acceptors (Lipinski definition) is 7. The van der Waals surface area contributed by atoms with Gasteiger partial charge >= 0.3 is 5.97 Å². The van der Waals surface area contributed by atoms with E-state index >= 15 is 0 Å². The van der Waals surface area contributed by atoms with E-state index in [0.29, 0.717) is 17.2 Å². The number of fused-ring (bicyclic) bond motifs is 1. The number of aliphatic hydroxyl groups is 1. The number of aryl methyl sites for hydroxylation is 3. The molecule has 0 fully saturated rings. The van der Waals surface area contributed by atoms with Crippen molar-refractivity contribution < 1.29 is 15.0 Å². The van der Waals surface area contributed by atoms with Crippen LogP contribution >= 0.6 is 11.3 Å². The second-order valence-electron chi connectivity index (χ2n) is 8.86. The molecule has 0 radical (unpaired) electrons. The Balaban J connectivity index is 1.47. The highest BCUT2D eigenvalue weighted by atomic mass is 32.1. The van der Waals surface area contributed by atoms with Crippen molar-refractivity contribution in [1.82, 2.24) is 15.0 Å². The number of rotatable bonds is 6. The van der Waals surface area contributed by atoms with Crippen molar-refractivity contribution in [1.29, 1.82) is 0 Å². The third kappa shape index (κ3) is 4.54. The van der Waals surface area contributed by atoms with Crippen molar-refractivity contribution >= 4 is 28.9 Å². The van der Waals surface area contributed by atoms with Gasteiger partial charge in [0.05, 0.1) is 16.1 Å². The molecule has 0 aliphatic heterocycles. The highest BCUT2D eigenvalue weighted by Gasteiger charge is 2.39. The molecule has 0 saturated heterocycles. The minimum absolute atomic E-state index is 0.232. The fourth-order valence-electron chi connectivity index (χ4n) is 4.56. The van der Waals surface area contributed by atoms with Gasteiger partial charge < -0.3 is 15.5 Å². The van der Waals surface area contributed by atoms with Gasteiger partial charge in [0.2, 0.25) is 0 Å². The van der Waals surface area contributed by atoms with Gasteiger partial charge in [-0.3, -0.25) is 0 Å². The first kappa shape index (κ1) is 23.1. The van der Waals surface area contributed by atoms with Crippen LogP contribution in [0.5, 0.6) is 0 Å². The van der Waals surface area contributed by atoms with Gasteiger partial charge in [-0.2, -0.15) is 0 Å². The monoisotopic (exact) mass is 486 g/mol. The number of thiazole rings is 1. The van der Waals surface area contributed by atoms with Crippen LogP contribution in [-0.4, -0.2) is 31.1 Å². The molecule has 1 atom stereocenters. The van der Waals surface area contributed by atoms with Gasteiger partial charge in [-0.05, 0) is 91.3 Å². The number of hydrogen-bond donors (Lipinski definition) is 3. The molecule has 4 aromatic rings. The smallest absolute Gasteiger partial charge is 0.335 e. The van der Waals surface area contributed by atoms with Gasteiger partial charge in [-0.1, -0.05) is 13.0 Å². The molecule has 178 valence electrons. The number of nitrogens with zero attached hydrogens (tertiary/aromatic N) is 3. The largest absolute Gasteiger partial charge is 0.478 e. The van der Waals surface area contributed by atoms with Gasteiger partial charge in [0.25, 0.3) is 0 Å². The molecule has 0 unspecified atom stereocenters. The molecule has 5 rings (SSSR count). The van der Waals surface area contributed by atoms with Crippen LogP contribution in [0.1, 0.15) is 57.4 Å². The molecule has 3 heterocycles. The number of carboxylic acid groups (broad SMARTS) is 1. The van der Waals surface area contributed by atoms with Crippen LogP contribution < -0.4 is 5.32 Å². The topological polar surface area (TPSA) is 108 Å². The van der Waals surface area contributed by atoms with Gasteiger partial charge in [-0.15, -0.1) is 11.3 Å². The lowest BCUT2D eigenvalue weighted by molar-refractivity contribution is 0.0607. The van der Waals surface area contributed by atoms with E-state index in [9.17, 15) is 15.0 Å². The summed E-state index contributed by atoms with van der Waals surface area (Å²) in [5, 5.41) is 24.9. The summed E-state index contributed by atoms with van der Waals surface area (Å²) in [5.74, 6) is 0.468. The number of aromatic carboxylic acids is 1. The molecular weight excluding hydrogens is 460 g/mol. The van der Waals surface area contributed by atoms with Crippen LogP contribution in [0.15, 0.2) is 54.9 Å². The third-order valence-electron chi connectivity index (χ3n) is 6.35. The molecule has 35 heavy (non-hydrogen) atoms. The summed E-state index contributed by atoms with van der Waals surface area (Å²) in [6.45, 7) is 4.12. The summed E-state index contributed by atoms with van der Waals surface area (Å²) in [6, 6.07) is 12.9. The molecule has 3 N–H and O–H groups in total. The molecular formula is C27H26N4O3S. The maximum Gasteiger partial charge on any atom is 0.335 e. The molecule has 0 saturated carbocycles. The Morgan fingerprint density at radius 1 is 1.14 bits per heavy atom. The summed E-state index contributed by atoms with van der Waals surface area (Å²) >= 11 is 1.41. The van der Waals surface area contributed by atoms with E-state index < -0.39 is 11.6 Å². The lowest BCUT2D eigenvalue weighted by Gasteiger charge is -2.33. The van der Waals surface area contributed by atoms with Crippen molar-refractivity contribution in [2.24, 2.45) is 0 Å². The summed E-state index contributed by atoms with van der Waals surface area (Å²) in [7, 11) is 0. The predicted molar refractivity (Wildman–Crippen MR) is 136 cm³/mol. The average molecular weight is 487 g/mol. The van der Waals surface area contributed by atoms with Crippen LogP contribution in [0.25, 0.3) is 10.6 Å². The van der Waals surface area contributed by atoms with E-state index in [1.807, 2.05) is 31.2 Å². The molecule has 8 heteroatoms. The molecule has 1 aliphatic rings. The molecule has 0 bridgehead atoms. The first-order valence-electron chi connectivity index (χ1n) is 11.6. The Hall–Kier alpha value is -3.62. The molecule has 1 aliphatic carbocycles. The standard InChI is InChI=1S/C27H26N4O3S/c1-3-17-8-10-28-23(13-17)31-24-12-16(2)11-21(30-24)22-15-29-26(35-22)27(34)9-4-5-18-14-19(25(32)33)6-7-20(18)27/h6-8,10-15,34H,3-5,9H2,1-2H3,(H,32,33)(H,28,30,31)/t27-/m1/s1. The minimum atomic E-state index is -1.25. The summed E-state index contributed by atoms with van der Waals surface area (Å²) in [4.78, 5) is 26.0. The number of pyridine rings is 2. The highest BCUT2D eigenvalue weighted by Crippen LogP contribution is 2.43. The maximum atomic E-state index is 11.7. The predicted octanol–water partition coefficient (Wildman–Crippen LogP) is 5.48. The Bertz CT molecular complexity index is 1420. The van der Waals surface area contributed by atoms with E-state index in [4.69, 9.17) is 4.98 Å². The minimum Gasteiger partial charge on any atom is -0.478 e. The van der Waals surface area contributed by atoms with E-state index in [1.54, 1.807) is 30.6 Å². The van der Waals surface area contributed by atoms with Gasteiger partial charge in [0.1, 0.15) is 22.2 Å². The van der Waals surface area contributed by atoms with Crippen LogP contribution in [-0.2, 0) is 18.4 Å².